The maximum atomic E-state index is 5.73. The molecule has 4 N–H and O–H groups in total. The first-order valence-corrected chi connectivity index (χ1v) is 7.16. The molecule has 1 rings (SSSR count). The standard InChI is InChI=1S/C14H27N5/c1-5-8-16-12-9-13(19-14(15)18-12)17-11(4)7-6-10(2)3/h9-11H,5-8H2,1-4H3,(H4,15,16,17,18,19). The average Bonchev–Trinajstić information content (AvgIpc) is 2.33. The van der Waals surface area contributed by atoms with E-state index in [1.807, 2.05) is 6.07 Å². The van der Waals surface area contributed by atoms with Gasteiger partial charge in [-0.25, -0.2) is 0 Å². The molecule has 0 amide bonds. The number of hydrogen-bond donors (Lipinski definition) is 3. The van der Waals surface area contributed by atoms with Crippen LogP contribution in [0, 0.1) is 5.92 Å². The molecule has 1 heterocycles. The molecular weight excluding hydrogens is 238 g/mol. The summed E-state index contributed by atoms with van der Waals surface area (Å²) in [6.45, 7) is 9.65. The Morgan fingerprint density at radius 3 is 2.47 bits per heavy atom. The van der Waals surface area contributed by atoms with Crippen LogP contribution in [0.4, 0.5) is 17.6 Å². The van der Waals surface area contributed by atoms with Crippen LogP contribution in [0.5, 0.6) is 0 Å². The molecule has 0 aliphatic heterocycles. The molecule has 0 bridgehead atoms. The molecule has 0 saturated heterocycles. The third-order valence-corrected chi connectivity index (χ3v) is 2.87. The van der Waals surface area contributed by atoms with E-state index >= 15 is 0 Å². The first-order valence-electron chi connectivity index (χ1n) is 7.16. The van der Waals surface area contributed by atoms with Gasteiger partial charge >= 0.3 is 0 Å². The molecule has 1 aromatic heterocycles. The van der Waals surface area contributed by atoms with Gasteiger partial charge < -0.3 is 16.4 Å². The van der Waals surface area contributed by atoms with Crippen molar-refractivity contribution in [3.8, 4) is 0 Å². The van der Waals surface area contributed by atoms with Gasteiger partial charge in [-0.15, -0.1) is 0 Å². The highest BCUT2D eigenvalue weighted by molar-refractivity contribution is 5.51. The van der Waals surface area contributed by atoms with Crippen LogP contribution in [0.2, 0.25) is 0 Å². The highest BCUT2D eigenvalue weighted by Gasteiger charge is 2.07. The van der Waals surface area contributed by atoms with E-state index in [0.29, 0.717) is 12.0 Å². The van der Waals surface area contributed by atoms with E-state index in [4.69, 9.17) is 5.73 Å². The first-order chi connectivity index (χ1) is 9.01. The number of nitrogens with two attached hydrogens (primary N) is 1. The smallest absolute Gasteiger partial charge is 0.223 e. The van der Waals surface area contributed by atoms with E-state index in [0.717, 1.165) is 36.9 Å². The summed E-state index contributed by atoms with van der Waals surface area (Å²) in [5.41, 5.74) is 5.73. The minimum Gasteiger partial charge on any atom is -0.370 e. The Balaban J connectivity index is 2.59. The largest absolute Gasteiger partial charge is 0.370 e. The Kier molecular flexibility index (Phi) is 6.39. The zero-order valence-corrected chi connectivity index (χ0v) is 12.5. The summed E-state index contributed by atoms with van der Waals surface area (Å²) in [6, 6.07) is 2.30. The van der Waals surface area contributed by atoms with Crippen LogP contribution in [0.25, 0.3) is 0 Å². The Hall–Kier alpha value is -1.52. The van der Waals surface area contributed by atoms with E-state index in [2.05, 4.69) is 48.3 Å². The number of nitrogen functional groups attached to an aromatic ring is 1. The van der Waals surface area contributed by atoms with E-state index in [9.17, 15) is 0 Å². The molecule has 0 aliphatic rings. The zero-order valence-electron chi connectivity index (χ0n) is 12.5. The van der Waals surface area contributed by atoms with Crippen LogP contribution in [0.1, 0.15) is 47.0 Å². The fraction of sp³-hybridized carbons (Fsp3) is 0.714. The third kappa shape index (κ3) is 6.27. The molecule has 0 radical (unpaired) electrons. The summed E-state index contributed by atoms with van der Waals surface area (Å²) in [5.74, 6) is 2.61. The van der Waals surface area contributed by atoms with Gasteiger partial charge in [-0.1, -0.05) is 20.8 Å². The van der Waals surface area contributed by atoms with Gasteiger partial charge in [0, 0.05) is 18.7 Å². The zero-order chi connectivity index (χ0) is 14.3. The van der Waals surface area contributed by atoms with Crippen LogP contribution >= 0.6 is 0 Å². The quantitative estimate of drug-likeness (QED) is 0.673. The highest BCUT2D eigenvalue weighted by Crippen LogP contribution is 2.15. The van der Waals surface area contributed by atoms with Gasteiger partial charge in [0.2, 0.25) is 5.95 Å². The first kappa shape index (κ1) is 15.5. The third-order valence-electron chi connectivity index (χ3n) is 2.87. The van der Waals surface area contributed by atoms with Gasteiger partial charge in [0.1, 0.15) is 11.6 Å². The van der Waals surface area contributed by atoms with Crippen molar-refractivity contribution in [3.63, 3.8) is 0 Å². The summed E-state index contributed by atoms with van der Waals surface area (Å²) < 4.78 is 0. The summed E-state index contributed by atoms with van der Waals surface area (Å²) >= 11 is 0. The monoisotopic (exact) mass is 265 g/mol. The van der Waals surface area contributed by atoms with Gasteiger partial charge in [-0.3, -0.25) is 0 Å². The molecule has 0 aliphatic carbocycles. The van der Waals surface area contributed by atoms with Crippen LogP contribution in [0.15, 0.2) is 6.07 Å². The molecule has 0 aromatic carbocycles. The fourth-order valence-corrected chi connectivity index (χ4v) is 1.79. The SMILES string of the molecule is CCCNc1cc(NC(C)CCC(C)C)nc(N)n1. The van der Waals surface area contributed by atoms with Crippen LogP contribution in [-0.4, -0.2) is 22.6 Å². The Bertz CT molecular complexity index is 378. The van der Waals surface area contributed by atoms with Crippen molar-refractivity contribution in [1.29, 1.82) is 0 Å². The predicted molar refractivity (Wildman–Crippen MR) is 82.4 cm³/mol. The molecule has 0 fully saturated rings. The Morgan fingerprint density at radius 2 is 1.84 bits per heavy atom. The maximum Gasteiger partial charge on any atom is 0.223 e. The summed E-state index contributed by atoms with van der Waals surface area (Å²) in [7, 11) is 0. The molecule has 0 saturated carbocycles. The molecule has 5 nitrogen and oxygen atoms in total. The summed E-state index contributed by atoms with van der Waals surface area (Å²) in [5, 5.41) is 6.61. The van der Waals surface area contributed by atoms with Crippen molar-refractivity contribution in [3.05, 3.63) is 6.07 Å². The summed E-state index contributed by atoms with van der Waals surface area (Å²) in [6.07, 6.45) is 3.38. The van der Waals surface area contributed by atoms with E-state index in [1.165, 1.54) is 6.42 Å². The van der Waals surface area contributed by atoms with Crippen molar-refractivity contribution in [1.82, 2.24) is 9.97 Å². The topological polar surface area (TPSA) is 75.9 Å². The Labute approximate surface area is 116 Å². The van der Waals surface area contributed by atoms with Crippen molar-refractivity contribution < 1.29 is 0 Å². The molecule has 0 spiro atoms. The van der Waals surface area contributed by atoms with Crippen LogP contribution in [0.3, 0.4) is 0 Å². The maximum absolute atomic E-state index is 5.73. The number of hydrogen-bond acceptors (Lipinski definition) is 5. The molecule has 1 unspecified atom stereocenters. The summed E-state index contributed by atoms with van der Waals surface area (Å²) in [4.78, 5) is 8.39. The van der Waals surface area contributed by atoms with E-state index in [-0.39, 0.29) is 0 Å². The number of nitrogens with one attached hydrogen (secondary N) is 2. The molecule has 5 heteroatoms. The second-order valence-electron chi connectivity index (χ2n) is 5.44. The minimum atomic E-state index is 0.305. The van der Waals surface area contributed by atoms with E-state index in [1.54, 1.807) is 0 Å². The number of nitrogens with zero attached hydrogens (tertiary/aromatic N) is 2. The fourth-order valence-electron chi connectivity index (χ4n) is 1.79. The van der Waals surface area contributed by atoms with Crippen molar-refractivity contribution >= 4 is 17.6 Å². The van der Waals surface area contributed by atoms with Gasteiger partial charge in [0.05, 0.1) is 0 Å². The number of anilines is 3. The number of rotatable bonds is 8. The highest BCUT2D eigenvalue weighted by atomic mass is 15.1. The van der Waals surface area contributed by atoms with Crippen LogP contribution in [-0.2, 0) is 0 Å². The lowest BCUT2D eigenvalue weighted by Crippen LogP contribution is -2.18. The normalized spacial score (nSPS) is 12.5. The van der Waals surface area contributed by atoms with Gasteiger partial charge in [-0.05, 0) is 32.1 Å². The van der Waals surface area contributed by atoms with Crippen molar-refractivity contribution in [2.75, 3.05) is 22.9 Å². The minimum absolute atomic E-state index is 0.305. The lowest BCUT2D eigenvalue weighted by atomic mass is 10.0. The van der Waals surface area contributed by atoms with Gasteiger partial charge in [0.25, 0.3) is 0 Å². The molecule has 1 aromatic rings. The predicted octanol–water partition coefficient (Wildman–Crippen LogP) is 3.12. The Morgan fingerprint density at radius 1 is 1.16 bits per heavy atom. The molecular formula is C14H27N5. The van der Waals surface area contributed by atoms with Crippen molar-refractivity contribution in [2.45, 2.75) is 53.0 Å². The van der Waals surface area contributed by atoms with Crippen molar-refractivity contribution in [2.24, 2.45) is 5.92 Å². The second-order valence-corrected chi connectivity index (χ2v) is 5.44. The van der Waals surface area contributed by atoms with Gasteiger partial charge in [0.15, 0.2) is 0 Å². The molecule has 1 atom stereocenters. The second kappa shape index (κ2) is 7.81. The lowest BCUT2D eigenvalue weighted by Gasteiger charge is -2.16. The number of aromatic nitrogens is 2. The van der Waals surface area contributed by atoms with E-state index < -0.39 is 0 Å². The molecule has 19 heavy (non-hydrogen) atoms. The average molecular weight is 265 g/mol. The van der Waals surface area contributed by atoms with Gasteiger partial charge in [-0.2, -0.15) is 9.97 Å². The lowest BCUT2D eigenvalue weighted by molar-refractivity contribution is 0.527. The van der Waals surface area contributed by atoms with Crippen LogP contribution < -0.4 is 16.4 Å². The molecule has 108 valence electrons.